The third kappa shape index (κ3) is 3.32. The molecule has 0 unspecified atom stereocenters. The largest absolute Gasteiger partial charge is 0.439 e. The van der Waals surface area contributed by atoms with E-state index in [1.54, 1.807) is 6.20 Å². The third-order valence-corrected chi connectivity index (χ3v) is 3.08. The van der Waals surface area contributed by atoms with Crippen molar-refractivity contribution in [1.29, 1.82) is 0 Å². The Morgan fingerprint density at radius 3 is 2.42 bits per heavy atom. The molecule has 1 heterocycles. The normalized spacial score (nSPS) is 10.8. The molecule has 0 spiro atoms. The van der Waals surface area contributed by atoms with E-state index < -0.39 is 0 Å². The summed E-state index contributed by atoms with van der Waals surface area (Å²) in [5, 5.41) is 0. The summed E-state index contributed by atoms with van der Waals surface area (Å²) in [7, 11) is 0. The minimum atomic E-state index is 0.497. The molecule has 0 radical (unpaired) electrons. The number of nitrogens with zero attached hydrogens (tertiary/aromatic N) is 1. The molecular formula is C16H20N2O. The maximum absolute atomic E-state index is 5.79. The Balaban J connectivity index is 2.16. The Kier molecular flexibility index (Phi) is 4.17. The van der Waals surface area contributed by atoms with Gasteiger partial charge in [-0.2, -0.15) is 0 Å². The van der Waals surface area contributed by atoms with Crippen molar-refractivity contribution in [1.82, 2.24) is 4.98 Å². The number of hydrogen-bond acceptors (Lipinski definition) is 3. The summed E-state index contributed by atoms with van der Waals surface area (Å²) in [5.74, 6) is 1.97. The fraction of sp³-hybridized carbons (Fsp3) is 0.312. The van der Waals surface area contributed by atoms with Crippen LogP contribution in [-0.2, 0) is 6.54 Å². The summed E-state index contributed by atoms with van der Waals surface area (Å²) in [4.78, 5) is 4.30. The zero-order chi connectivity index (χ0) is 13.8. The van der Waals surface area contributed by atoms with Crippen LogP contribution in [-0.4, -0.2) is 4.98 Å². The number of nitrogens with two attached hydrogens (primary N) is 1. The Morgan fingerprint density at radius 2 is 1.89 bits per heavy atom. The molecule has 0 aliphatic rings. The van der Waals surface area contributed by atoms with Crippen molar-refractivity contribution in [2.75, 3.05) is 0 Å². The van der Waals surface area contributed by atoms with E-state index in [0.29, 0.717) is 18.3 Å². The first kappa shape index (κ1) is 13.6. The van der Waals surface area contributed by atoms with E-state index in [4.69, 9.17) is 10.5 Å². The molecule has 0 atom stereocenters. The Morgan fingerprint density at radius 1 is 1.21 bits per heavy atom. The van der Waals surface area contributed by atoms with Crippen LogP contribution in [0.25, 0.3) is 0 Å². The average Bonchev–Trinajstić information content (AvgIpc) is 2.41. The number of ether oxygens (including phenoxy) is 1. The van der Waals surface area contributed by atoms with E-state index in [1.807, 2.05) is 25.1 Å². The van der Waals surface area contributed by atoms with E-state index >= 15 is 0 Å². The second-order valence-corrected chi connectivity index (χ2v) is 5.00. The van der Waals surface area contributed by atoms with Crippen molar-refractivity contribution in [3.8, 4) is 11.6 Å². The van der Waals surface area contributed by atoms with Gasteiger partial charge < -0.3 is 10.5 Å². The molecule has 0 saturated carbocycles. The van der Waals surface area contributed by atoms with Gasteiger partial charge >= 0.3 is 0 Å². The first-order valence-electron chi connectivity index (χ1n) is 6.53. The van der Waals surface area contributed by atoms with Crippen LogP contribution < -0.4 is 10.5 Å². The first-order chi connectivity index (χ1) is 9.10. The molecule has 0 fully saturated rings. The summed E-state index contributed by atoms with van der Waals surface area (Å²) < 4.78 is 5.79. The highest BCUT2D eigenvalue weighted by atomic mass is 16.5. The van der Waals surface area contributed by atoms with Crippen LogP contribution in [0.3, 0.4) is 0 Å². The van der Waals surface area contributed by atoms with Gasteiger partial charge in [0.15, 0.2) is 0 Å². The smallest absolute Gasteiger partial charge is 0.222 e. The van der Waals surface area contributed by atoms with Crippen molar-refractivity contribution < 1.29 is 4.74 Å². The minimum Gasteiger partial charge on any atom is -0.439 e. The van der Waals surface area contributed by atoms with Crippen LogP contribution in [0.4, 0.5) is 0 Å². The molecule has 0 bridgehead atoms. The van der Waals surface area contributed by atoms with Crippen LogP contribution >= 0.6 is 0 Å². The zero-order valence-electron chi connectivity index (χ0n) is 11.7. The molecule has 3 nitrogen and oxygen atoms in total. The lowest BCUT2D eigenvalue weighted by Gasteiger charge is -2.10. The molecule has 0 amide bonds. The van der Waals surface area contributed by atoms with Crippen molar-refractivity contribution >= 4 is 0 Å². The predicted octanol–water partition coefficient (Wildman–Crippen LogP) is 3.76. The van der Waals surface area contributed by atoms with Crippen LogP contribution in [0.2, 0.25) is 0 Å². The van der Waals surface area contributed by atoms with Gasteiger partial charge in [0.1, 0.15) is 5.75 Å². The molecule has 2 rings (SSSR count). The van der Waals surface area contributed by atoms with Gasteiger partial charge in [0.05, 0.1) is 0 Å². The first-order valence-corrected chi connectivity index (χ1v) is 6.53. The summed E-state index contributed by atoms with van der Waals surface area (Å²) in [5.41, 5.74) is 8.90. The second kappa shape index (κ2) is 5.85. The number of rotatable bonds is 4. The van der Waals surface area contributed by atoms with Crippen LogP contribution in [0.1, 0.15) is 36.5 Å². The summed E-state index contributed by atoms with van der Waals surface area (Å²) >= 11 is 0. The summed E-state index contributed by atoms with van der Waals surface area (Å²) in [6.07, 6.45) is 1.75. The van der Waals surface area contributed by atoms with Gasteiger partial charge in [0.25, 0.3) is 0 Å². The SMILES string of the molecule is Cc1cc(CN)cnc1Oc1ccc(C(C)C)cc1. The molecule has 1 aromatic heterocycles. The zero-order valence-corrected chi connectivity index (χ0v) is 11.7. The molecule has 0 aliphatic heterocycles. The highest BCUT2D eigenvalue weighted by Gasteiger charge is 2.05. The standard InChI is InChI=1S/C16H20N2O/c1-11(2)14-4-6-15(7-5-14)19-16-12(3)8-13(9-17)10-18-16/h4-8,10-11H,9,17H2,1-3H3. The monoisotopic (exact) mass is 256 g/mol. The van der Waals surface area contributed by atoms with E-state index in [2.05, 4.69) is 31.0 Å². The van der Waals surface area contributed by atoms with Gasteiger partial charge in [-0.3, -0.25) is 0 Å². The average molecular weight is 256 g/mol. The van der Waals surface area contributed by atoms with Crippen LogP contribution in [0.5, 0.6) is 11.6 Å². The van der Waals surface area contributed by atoms with Gasteiger partial charge in [-0.1, -0.05) is 26.0 Å². The van der Waals surface area contributed by atoms with E-state index in [-0.39, 0.29) is 0 Å². The molecule has 100 valence electrons. The number of aromatic nitrogens is 1. The van der Waals surface area contributed by atoms with E-state index in [9.17, 15) is 0 Å². The van der Waals surface area contributed by atoms with E-state index in [0.717, 1.165) is 16.9 Å². The lowest BCUT2D eigenvalue weighted by Crippen LogP contribution is -1.99. The maximum Gasteiger partial charge on any atom is 0.222 e. The van der Waals surface area contributed by atoms with E-state index in [1.165, 1.54) is 5.56 Å². The van der Waals surface area contributed by atoms with Gasteiger partial charge in [-0.25, -0.2) is 4.98 Å². The van der Waals surface area contributed by atoms with Crippen molar-refractivity contribution in [3.63, 3.8) is 0 Å². The van der Waals surface area contributed by atoms with Crippen LogP contribution in [0, 0.1) is 6.92 Å². The van der Waals surface area contributed by atoms with Gasteiger partial charge in [0.2, 0.25) is 5.88 Å². The van der Waals surface area contributed by atoms with Crippen molar-refractivity contribution in [2.45, 2.75) is 33.2 Å². The molecule has 1 aromatic carbocycles. The van der Waals surface area contributed by atoms with Gasteiger partial charge in [0, 0.05) is 18.3 Å². The summed E-state index contributed by atoms with van der Waals surface area (Å²) in [6, 6.07) is 10.1. The quantitative estimate of drug-likeness (QED) is 0.906. The molecule has 19 heavy (non-hydrogen) atoms. The molecule has 3 heteroatoms. The number of aryl methyl sites for hydroxylation is 1. The predicted molar refractivity (Wildman–Crippen MR) is 77.5 cm³/mol. The fourth-order valence-electron chi connectivity index (χ4n) is 1.87. The minimum absolute atomic E-state index is 0.497. The van der Waals surface area contributed by atoms with Crippen molar-refractivity contribution in [3.05, 3.63) is 53.2 Å². The van der Waals surface area contributed by atoms with Gasteiger partial charge in [-0.05, 0) is 42.2 Å². The highest BCUT2D eigenvalue weighted by Crippen LogP contribution is 2.25. The van der Waals surface area contributed by atoms with Crippen LogP contribution in [0.15, 0.2) is 36.5 Å². The van der Waals surface area contributed by atoms with Gasteiger partial charge in [-0.15, -0.1) is 0 Å². The highest BCUT2D eigenvalue weighted by molar-refractivity contribution is 5.35. The molecule has 0 aliphatic carbocycles. The fourth-order valence-corrected chi connectivity index (χ4v) is 1.87. The Hall–Kier alpha value is -1.87. The molecule has 2 N–H and O–H groups in total. The summed E-state index contributed by atoms with van der Waals surface area (Å²) in [6.45, 7) is 6.82. The lowest BCUT2D eigenvalue weighted by molar-refractivity contribution is 0.458. The molecule has 2 aromatic rings. The third-order valence-electron chi connectivity index (χ3n) is 3.08. The Bertz CT molecular complexity index is 547. The maximum atomic E-state index is 5.79. The number of pyridine rings is 1. The topological polar surface area (TPSA) is 48.1 Å². The number of benzene rings is 1. The van der Waals surface area contributed by atoms with Crippen molar-refractivity contribution in [2.24, 2.45) is 5.73 Å². The number of hydrogen-bond donors (Lipinski definition) is 1. The molecule has 0 saturated heterocycles. The second-order valence-electron chi connectivity index (χ2n) is 5.00. The molecular weight excluding hydrogens is 236 g/mol. The Labute approximate surface area is 114 Å². The lowest BCUT2D eigenvalue weighted by atomic mass is 10.0.